The van der Waals surface area contributed by atoms with Gasteiger partial charge in [0.25, 0.3) is 0 Å². The van der Waals surface area contributed by atoms with Gasteiger partial charge in [-0.3, -0.25) is 0 Å². The minimum Gasteiger partial charge on any atom is -0.385 e. The summed E-state index contributed by atoms with van der Waals surface area (Å²) in [7, 11) is 3.89. The Morgan fingerprint density at radius 2 is 2.08 bits per heavy atom. The summed E-state index contributed by atoms with van der Waals surface area (Å²) in [4.78, 5) is 2.32. The molecule has 3 nitrogen and oxygen atoms in total. The molecule has 74 valence electrons. The molecule has 3 heteroatoms. The average molecular weight is 174 g/mol. The van der Waals surface area contributed by atoms with E-state index < -0.39 is 0 Å². The number of rotatable bonds is 8. The van der Waals surface area contributed by atoms with E-state index >= 15 is 0 Å². The molecule has 0 amide bonds. The zero-order valence-corrected chi connectivity index (χ0v) is 8.60. The molecule has 0 saturated carbocycles. The monoisotopic (exact) mass is 174 g/mol. The van der Waals surface area contributed by atoms with E-state index in [1.807, 2.05) is 0 Å². The molecule has 0 atom stereocenters. The number of ether oxygens (including phenoxy) is 1. The fourth-order valence-electron chi connectivity index (χ4n) is 1.04. The normalized spacial score (nSPS) is 11.0. The first-order valence-corrected chi connectivity index (χ1v) is 4.69. The molecule has 0 aromatic carbocycles. The van der Waals surface area contributed by atoms with Gasteiger partial charge in [-0.25, -0.2) is 0 Å². The van der Waals surface area contributed by atoms with Gasteiger partial charge in [-0.15, -0.1) is 0 Å². The van der Waals surface area contributed by atoms with Gasteiger partial charge in [0, 0.05) is 33.4 Å². The Kier molecular flexibility index (Phi) is 8.88. The van der Waals surface area contributed by atoms with E-state index in [4.69, 9.17) is 4.74 Å². The van der Waals surface area contributed by atoms with Crippen LogP contribution in [0, 0.1) is 0 Å². The maximum absolute atomic E-state index is 4.98. The molecule has 0 unspecified atom stereocenters. The first-order valence-electron chi connectivity index (χ1n) is 4.69. The number of hydrogen-bond donors (Lipinski definition) is 1. The molecule has 0 saturated heterocycles. The Morgan fingerprint density at radius 1 is 1.33 bits per heavy atom. The molecule has 0 aliphatic carbocycles. The van der Waals surface area contributed by atoms with Crippen molar-refractivity contribution in [2.45, 2.75) is 13.3 Å². The fraction of sp³-hybridized carbons (Fsp3) is 1.00. The largest absolute Gasteiger partial charge is 0.385 e. The highest BCUT2D eigenvalue weighted by molar-refractivity contribution is 4.53. The van der Waals surface area contributed by atoms with Crippen LogP contribution < -0.4 is 5.32 Å². The van der Waals surface area contributed by atoms with Crippen LogP contribution in [-0.2, 0) is 4.74 Å². The summed E-state index contributed by atoms with van der Waals surface area (Å²) in [5.74, 6) is 0. The third kappa shape index (κ3) is 7.98. The van der Waals surface area contributed by atoms with Crippen LogP contribution >= 0.6 is 0 Å². The van der Waals surface area contributed by atoms with Crippen molar-refractivity contribution in [3.8, 4) is 0 Å². The SMILES string of the molecule is CCNCCN(C)CCCOC. The van der Waals surface area contributed by atoms with E-state index in [9.17, 15) is 0 Å². The number of nitrogens with zero attached hydrogens (tertiary/aromatic N) is 1. The lowest BCUT2D eigenvalue weighted by Gasteiger charge is -2.15. The molecule has 0 aromatic heterocycles. The van der Waals surface area contributed by atoms with Gasteiger partial charge in [-0.2, -0.15) is 0 Å². The van der Waals surface area contributed by atoms with E-state index in [0.29, 0.717) is 0 Å². The third-order valence-corrected chi connectivity index (χ3v) is 1.81. The Labute approximate surface area is 76.1 Å². The maximum Gasteiger partial charge on any atom is 0.0474 e. The lowest BCUT2D eigenvalue weighted by atomic mass is 10.4. The van der Waals surface area contributed by atoms with Crippen molar-refractivity contribution in [2.75, 3.05) is 46.9 Å². The van der Waals surface area contributed by atoms with Crippen molar-refractivity contribution in [3.05, 3.63) is 0 Å². The molecular weight excluding hydrogens is 152 g/mol. The maximum atomic E-state index is 4.98. The van der Waals surface area contributed by atoms with Crippen LogP contribution in [0.25, 0.3) is 0 Å². The molecule has 0 radical (unpaired) electrons. The lowest BCUT2D eigenvalue weighted by molar-refractivity contribution is 0.179. The predicted molar refractivity (Wildman–Crippen MR) is 52.5 cm³/mol. The lowest BCUT2D eigenvalue weighted by Crippen LogP contribution is -2.30. The van der Waals surface area contributed by atoms with Crippen LogP contribution in [0.3, 0.4) is 0 Å². The van der Waals surface area contributed by atoms with Gasteiger partial charge >= 0.3 is 0 Å². The van der Waals surface area contributed by atoms with E-state index in [2.05, 4.69) is 24.2 Å². The van der Waals surface area contributed by atoms with Gasteiger partial charge in [-0.1, -0.05) is 6.92 Å². The predicted octanol–water partition coefficient (Wildman–Crippen LogP) is 0.564. The van der Waals surface area contributed by atoms with Crippen LogP contribution in [0.5, 0.6) is 0 Å². The minimum atomic E-state index is 0.867. The van der Waals surface area contributed by atoms with Crippen LogP contribution in [0.1, 0.15) is 13.3 Å². The molecule has 0 bridgehead atoms. The van der Waals surface area contributed by atoms with Crippen LogP contribution in [0.15, 0.2) is 0 Å². The number of hydrogen-bond acceptors (Lipinski definition) is 3. The van der Waals surface area contributed by atoms with Gasteiger partial charge in [0.2, 0.25) is 0 Å². The molecular formula is C9H22N2O. The Morgan fingerprint density at radius 3 is 2.67 bits per heavy atom. The second-order valence-electron chi connectivity index (χ2n) is 3.00. The average Bonchev–Trinajstić information content (AvgIpc) is 2.06. The third-order valence-electron chi connectivity index (χ3n) is 1.81. The Balaban J connectivity index is 3.04. The molecule has 0 aliphatic heterocycles. The van der Waals surface area contributed by atoms with E-state index in [1.54, 1.807) is 7.11 Å². The quantitative estimate of drug-likeness (QED) is 0.544. The minimum absolute atomic E-state index is 0.867. The smallest absolute Gasteiger partial charge is 0.0474 e. The Hall–Kier alpha value is -0.120. The molecule has 0 aliphatic rings. The van der Waals surface area contributed by atoms with Crippen molar-refractivity contribution < 1.29 is 4.74 Å². The van der Waals surface area contributed by atoms with Gasteiger partial charge in [0.1, 0.15) is 0 Å². The molecule has 0 aromatic rings. The number of nitrogens with one attached hydrogen (secondary N) is 1. The number of likely N-dealkylation sites (N-methyl/N-ethyl adjacent to an activating group) is 2. The summed E-state index contributed by atoms with van der Waals surface area (Å²) in [5.41, 5.74) is 0. The second-order valence-corrected chi connectivity index (χ2v) is 3.00. The van der Waals surface area contributed by atoms with Crippen LogP contribution in [0.4, 0.5) is 0 Å². The van der Waals surface area contributed by atoms with E-state index in [1.165, 1.54) is 0 Å². The summed E-state index contributed by atoms with van der Waals surface area (Å²) in [5, 5.41) is 3.30. The highest BCUT2D eigenvalue weighted by atomic mass is 16.5. The van der Waals surface area contributed by atoms with Crippen molar-refractivity contribution >= 4 is 0 Å². The molecule has 12 heavy (non-hydrogen) atoms. The highest BCUT2D eigenvalue weighted by Gasteiger charge is 1.95. The summed E-state index contributed by atoms with van der Waals surface area (Å²) in [6.45, 7) is 7.39. The van der Waals surface area contributed by atoms with Crippen molar-refractivity contribution in [1.82, 2.24) is 10.2 Å². The summed E-state index contributed by atoms with van der Waals surface area (Å²) in [6.07, 6.45) is 1.12. The molecule has 0 rings (SSSR count). The fourth-order valence-corrected chi connectivity index (χ4v) is 1.04. The molecule has 1 N–H and O–H groups in total. The van der Waals surface area contributed by atoms with Crippen molar-refractivity contribution in [3.63, 3.8) is 0 Å². The summed E-state index contributed by atoms with van der Waals surface area (Å²) >= 11 is 0. The zero-order valence-electron chi connectivity index (χ0n) is 8.60. The van der Waals surface area contributed by atoms with Crippen molar-refractivity contribution in [2.24, 2.45) is 0 Å². The topological polar surface area (TPSA) is 24.5 Å². The molecule has 0 spiro atoms. The van der Waals surface area contributed by atoms with E-state index in [0.717, 1.165) is 39.2 Å². The standard InChI is InChI=1S/C9H22N2O/c1-4-10-6-8-11(2)7-5-9-12-3/h10H,4-9H2,1-3H3. The van der Waals surface area contributed by atoms with E-state index in [-0.39, 0.29) is 0 Å². The van der Waals surface area contributed by atoms with Crippen molar-refractivity contribution in [1.29, 1.82) is 0 Å². The van der Waals surface area contributed by atoms with Gasteiger partial charge in [-0.05, 0) is 20.0 Å². The first-order chi connectivity index (χ1) is 5.81. The highest BCUT2D eigenvalue weighted by Crippen LogP contribution is 1.86. The second kappa shape index (κ2) is 8.97. The first kappa shape index (κ1) is 11.9. The van der Waals surface area contributed by atoms with Crippen LogP contribution in [-0.4, -0.2) is 51.8 Å². The van der Waals surface area contributed by atoms with Gasteiger partial charge < -0.3 is 15.0 Å². The van der Waals surface area contributed by atoms with Gasteiger partial charge in [0.15, 0.2) is 0 Å². The van der Waals surface area contributed by atoms with Gasteiger partial charge in [0.05, 0.1) is 0 Å². The Bertz CT molecular complexity index is 78.6. The molecule has 0 heterocycles. The van der Waals surface area contributed by atoms with Crippen LogP contribution in [0.2, 0.25) is 0 Å². The summed E-state index contributed by atoms with van der Waals surface area (Å²) in [6, 6.07) is 0. The zero-order chi connectivity index (χ0) is 9.23. The molecule has 0 fully saturated rings. The number of methoxy groups -OCH3 is 1. The summed E-state index contributed by atoms with van der Waals surface area (Å²) < 4.78 is 4.98.